The van der Waals surface area contributed by atoms with Crippen molar-refractivity contribution >= 4 is 5.97 Å². The second-order valence-corrected chi connectivity index (χ2v) is 15.4. The Bertz CT molecular complexity index is 917. The lowest BCUT2D eigenvalue weighted by Gasteiger charge is -2.74. The molecule has 34 heavy (non-hydrogen) atoms. The van der Waals surface area contributed by atoms with Crippen LogP contribution in [0, 0.1) is 56.2 Å². The van der Waals surface area contributed by atoms with E-state index < -0.39 is 17.2 Å². The van der Waals surface area contributed by atoms with E-state index in [1.807, 2.05) is 6.92 Å². The maximum absolute atomic E-state index is 12.3. The molecule has 0 radical (unpaired) electrons. The predicted molar refractivity (Wildman–Crippen MR) is 132 cm³/mol. The third kappa shape index (κ3) is 2.51. The lowest BCUT2D eigenvalue weighted by molar-refractivity contribution is -0.267. The third-order valence-electron chi connectivity index (χ3n) is 14.6. The molecule has 0 amide bonds. The van der Waals surface area contributed by atoms with Crippen molar-refractivity contribution in [1.82, 2.24) is 0 Å². The van der Waals surface area contributed by atoms with Crippen LogP contribution in [0.2, 0.25) is 0 Å². The number of ether oxygens (including phenoxy) is 1. The SMILES string of the molecule is C[C@@H]1[C@]23CC[C@H]4[C@@](C)(CC[C@@]5(C)[C@@H]6C[C@](C)(C(=O)O)CC[C@@]6(C)CC[C@]45C)[C@@H]2CC[C@]1(O)OC3. The maximum Gasteiger partial charge on any atom is 0.309 e. The highest BCUT2D eigenvalue weighted by atomic mass is 16.6. The summed E-state index contributed by atoms with van der Waals surface area (Å²) in [4.78, 5) is 12.3. The fourth-order valence-electron chi connectivity index (χ4n) is 11.9. The molecule has 4 nitrogen and oxygen atoms in total. The second kappa shape index (κ2) is 6.63. The molecule has 4 heteroatoms. The number of hydrogen-bond donors (Lipinski definition) is 2. The summed E-state index contributed by atoms with van der Waals surface area (Å²) < 4.78 is 6.14. The zero-order valence-electron chi connectivity index (χ0n) is 22.5. The molecular weight excluding hydrogens is 424 g/mol. The van der Waals surface area contributed by atoms with Crippen LogP contribution in [-0.2, 0) is 9.53 Å². The van der Waals surface area contributed by atoms with Crippen LogP contribution in [0.3, 0.4) is 0 Å². The van der Waals surface area contributed by atoms with Crippen molar-refractivity contribution in [3.63, 3.8) is 0 Å². The number of carboxylic acid groups (broad SMARTS) is 1. The first-order valence-corrected chi connectivity index (χ1v) is 14.3. The summed E-state index contributed by atoms with van der Waals surface area (Å²) >= 11 is 0. The molecule has 6 aliphatic rings. The third-order valence-corrected chi connectivity index (χ3v) is 14.6. The van der Waals surface area contributed by atoms with Gasteiger partial charge in [-0.2, -0.15) is 0 Å². The lowest BCUT2D eigenvalue weighted by Crippen LogP contribution is -2.68. The van der Waals surface area contributed by atoms with Crippen molar-refractivity contribution in [2.75, 3.05) is 6.61 Å². The molecule has 1 heterocycles. The lowest BCUT2D eigenvalue weighted by atomic mass is 9.30. The molecule has 11 atom stereocenters. The number of aliphatic carboxylic acids is 1. The Labute approximate surface area is 206 Å². The van der Waals surface area contributed by atoms with Gasteiger partial charge in [0.15, 0.2) is 5.79 Å². The van der Waals surface area contributed by atoms with Crippen LogP contribution in [0.4, 0.5) is 0 Å². The van der Waals surface area contributed by atoms with Gasteiger partial charge in [0.25, 0.3) is 0 Å². The van der Waals surface area contributed by atoms with Crippen LogP contribution < -0.4 is 0 Å². The highest BCUT2D eigenvalue weighted by Crippen LogP contribution is 2.79. The second-order valence-electron chi connectivity index (χ2n) is 15.4. The minimum atomic E-state index is -0.900. The maximum atomic E-state index is 12.3. The van der Waals surface area contributed by atoms with Crippen LogP contribution in [0.5, 0.6) is 0 Å². The van der Waals surface area contributed by atoms with Gasteiger partial charge < -0.3 is 14.9 Å². The van der Waals surface area contributed by atoms with Gasteiger partial charge in [0.2, 0.25) is 0 Å². The summed E-state index contributed by atoms with van der Waals surface area (Å²) in [6.07, 6.45) is 12.0. The van der Waals surface area contributed by atoms with E-state index >= 15 is 0 Å². The zero-order chi connectivity index (χ0) is 24.6. The van der Waals surface area contributed by atoms with Crippen molar-refractivity contribution < 1.29 is 19.7 Å². The molecule has 0 aromatic carbocycles. The van der Waals surface area contributed by atoms with Crippen molar-refractivity contribution in [3.8, 4) is 0 Å². The Kier molecular flexibility index (Phi) is 4.63. The van der Waals surface area contributed by atoms with Crippen LogP contribution in [0.25, 0.3) is 0 Å². The predicted octanol–water partition coefficient (Wildman–Crippen LogP) is 6.65. The molecule has 0 aromatic heterocycles. The van der Waals surface area contributed by atoms with Crippen molar-refractivity contribution in [1.29, 1.82) is 0 Å². The Balaban J connectivity index is 1.39. The molecule has 6 fully saturated rings. The number of aliphatic hydroxyl groups is 1. The summed E-state index contributed by atoms with van der Waals surface area (Å²) in [6, 6.07) is 0. The van der Waals surface area contributed by atoms with Gasteiger partial charge in [-0.3, -0.25) is 4.79 Å². The monoisotopic (exact) mass is 472 g/mol. The first kappa shape index (κ1) is 23.8. The zero-order valence-corrected chi connectivity index (χ0v) is 22.5. The number of rotatable bonds is 1. The highest BCUT2D eigenvalue weighted by Gasteiger charge is 2.74. The van der Waals surface area contributed by atoms with Gasteiger partial charge in [-0.05, 0) is 111 Å². The normalized spacial score (nSPS) is 62.7. The fourth-order valence-corrected chi connectivity index (χ4v) is 11.9. The van der Waals surface area contributed by atoms with Gasteiger partial charge in [-0.1, -0.05) is 34.6 Å². The van der Waals surface area contributed by atoms with E-state index in [0.29, 0.717) is 17.8 Å². The molecule has 0 unspecified atom stereocenters. The van der Waals surface area contributed by atoms with Crippen LogP contribution in [-0.4, -0.2) is 28.6 Å². The molecule has 5 saturated carbocycles. The molecule has 6 rings (SSSR count). The van der Waals surface area contributed by atoms with Gasteiger partial charge in [-0.15, -0.1) is 0 Å². The summed E-state index contributed by atoms with van der Waals surface area (Å²) in [5, 5.41) is 21.3. The van der Waals surface area contributed by atoms with Gasteiger partial charge >= 0.3 is 5.97 Å². The number of carboxylic acids is 1. The van der Waals surface area contributed by atoms with E-state index in [2.05, 4.69) is 34.6 Å². The highest BCUT2D eigenvalue weighted by molar-refractivity contribution is 5.74. The first-order valence-electron chi connectivity index (χ1n) is 14.3. The molecule has 1 saturated heterocycles. The molecule has 0 aromatic rings. The fraction of sp³-hybridized carbons (Fsp3) is 0.967. The minimum Gasteiger partial charge on any atom is -0.481 e. The number of carbonyl (C=O) groups is 1. The van der Waals surface area contributed by atoms with Crippen molar-refractivity contribution in [2.45, 2.75) is 118 Å². The summed E-state index contributed by atoms with van der Waals surface area (Å²) in [6.45, 7) is 15.3. The Morgan fingerprint density at radius 2 is 1.41 bits per heavy atom. The Morgan fingerprint density at radius 1 is 0.794 bits per heavy atom. The average molecular weight is 473 g/mol. The van der Waals surface area contributed by atoms with E-state index in [0.717, 1.165) is 38.7 Å². The molecule has 1 aliphatic heterocycles. The Morgan fingerprint density at radius 3 is 2.12 bits per heavy atom. The first-order chi connectivity index (χ1) is 15.7. The molecule has 2 N–H and O–H groups in total. The largest absolute Gasteiger partial charge is 0.481 e. The molecule has 1 spiro atoms. The average Bonchev–Trinajstić information content (AvgIpc) is 2.92. The number of fused-ring (bicyclic) bond motifs is 7. The van der Waals surface area contributed by atoms with Gasteiger partial charge in [-0.25, -0.2) is 0 Å². The van der Waals surface area contributed by atoms with Gasteiger partial charge in [0.1, 0.15) is 0 Å². The quantitative estimate of drug-likeness (QED) is 0.448. The van der Waals surface area contributed by atoms with Gasteiger partial charge in [0, 0.05) is 17.8 Å². The molecule has 2 bridgehead atoms. The van der Waals surface area contributed by atoms with Crippen LogP contribution in [0.1, 0.15) is 112 Å². The van der Waals surface area contributed by atoms with E-state index in [9.17, 15) is 15.0 Å². The van der Waals surface area contributed by atoms with Crippen molar-refractivity contribution in [2.24, 2.45) is 56.2 Å². The summed E-state index contributed by atoms with van der Waals surface area (Å²) in [7, 11) is 0. The molecule has 192 valence electrons. The van der Waals surface area contributed by atoms with Crippen LogP contribution >= 0.6 is 0 Å². The Hall–Kier alpha value is -0.610. The smallest absolute Gasteiger partial charge is 0.309 e. The van der Waals surface area contributed by atoms with Crippen molar-refractivity contribution in [3.05, 3.63) is 0 Å². The summed E-state index contributed by atoms with van der Waals surface area (Å²) in [5.74, 6) is 0.525. The topological polar surface area (TPSA) is 66.8 Å². The molecular formula is C30H48O4. The summed E-state index contributed by atoms with van der Waals surface area (Å²) in [5.41, 5.74) is 0.569. The minimum absolute atomic E-state index is 0.137. The molecule has 5 aliphatic carbocycles. The standard InChI is InChI=1S/C30H48O4/c1-19-29-9-7-20-26(4,21(29)8-10-30(19,33)34-18-29)14-16-28(6)22-17-25(3,23(31)32)12-11-24(22,2)13-15-27(20,28)5/h19-22,33H,7-18H2,1-6H3,(H,31,32)/t19-,20+,21+,22-,24+,25-,26-,27-,28+,29-,30+/m1/s1. The van der Waals surface area contributed by atoms with E-state index in [1.54, 1.807) is 0 Å². The van der Waals surface area contributed by atoms with E-state index in [4.69, 9.17) is 4.74 Å². The van der Waals surface area contributed by atoms with E-state index in [1.165, 1.54) is 38.5 Å². The number of hydrogen-bond acceptors (Lipinski definition) is 3. The van der Waals surface area contributed by atoms with Crippen LogP contribution in [0.15, 0.2) is 0 Å². The van der Waals surface area contributed by atoms with Gasteiger partial charge in [0.05, 0.1) is 12.0 Å². The van der Waals surface area contributed by atoms with E-state index in [-0.39, 0.29) is 33.0 Å².